The molecule has 0 radical (unpaired) electrons. The van der Waals surface area contributed by atoms with Gasteiger partial charge in [-0.25, -0.2) is 4.79 Å². The summed E-state index contributed by atoms with van der Waals surface area (Å²) in [5, 5.41) is 31.6. The van der Waals surface area contributed by atoms with Crippen molar-refractivity contribution < 1.29 is 20.1 Å². The lowest BCUT2D eigenvalue weighted by atomic mass is 10.2. The van der Waals surface area contributed by atoms with Crippen LogP contribution in [0.5, 0.6) is 5.75 Å². The Morgan fingerprint density at radius 1 is 1.38 bits per heavy atom. The molecule has 0 spiro atoms. The number of aliphatic hydroxyl groups excluding tert-OH is 1. The van der Waals surface area contributed by atoms with Crippen molar-refractivity contribution in [3.63, 3.8) is 0 Å². The predicted octanol–water partition coefficient (Wildman–Crippen LogP) is 1.54. The Labute approximate surface area is 96.5 Å². The van der Waals surface area contributed by atoms with E-state index in [-0.39, 0.29) is 29.6 Å². The van der Waals surface area contributed by atoms with Crippen LogP contribution in [0.15, 0.2) is 12.1 Å². The number of halogens is 1. The summed E-state index contributed by atoms with van der Waals surface area (Å²) in [6.45, 7) is 0.205. The average molecular weight is 247 g/mol. The van der Waals surface area contributed by atoms with Gasteiger partial charge in [-0.2, -0.15) is 0 Å². The molecule has 0 saturated carbocycles. The van der Waals surface area contributed by atoms with Gasteiger partial charge < -0.3 is 20.6 Å². The first-order valence-corrected chi connectivity index (χ1v) is 4.79. The number of phenols is 1. The van der Waals surface area contributed by atoms with Gasteiger partial charge in [-0.05, 0) is 6.07 Å². The molecular weight excluding hydrogens is 236 g/mol. The minimum atomic E-state index is -1.29. The van der Waals surface area contributed by atoms with Crippen molar-refractivity contribution in [1.29, 1.82) is 0 Å². The molecule has 16 heavy (non-hydrogen) atoms. The Bertz CT molecular complexity index is 397. The van der Waals surface area contributed by atoms with E-state index >= 15 is 0 Å². The zero-order valence-electron chi connectivity index (χ0n) is 8.20. The molecule has 6 nitrogen and oxygen atoms in total. The van der Waals surface area contributed by atoms with Crippen LogP contribution in [-0.4, -0.2) is 34.6 Å². The second kappa shape index (κ2) is 5.43. The molecule has 0 unspecified atom stereocenters. The van der Waals surface area contributed by atoms with Gasteiger partial charge in [-0.15, -0.1) is 0 Å². The summed E-state index contributed by atoms with van der Waals surface area (Å²) < 4.78 is 0. The first kappa shape index (κ1) is 12.4. The monoisotopic (exact) mass is 246 g/mol. The topological polar surface area (TPSA) is 102 Å². The van der Waals surface area contributed by atoms with E-state index in [0.29, 0.717) is 5.69 Å². The molecule has 7 heteroatoms. The Hall–Kier alpha value is -1.66. The van der Waals surface area contributed by atoms with Gasteiger partial charge in [-0.1, -0.05) is 11.6 Å². The van der Waals surface area contributed by atoms with Crippen molar-refractivity contribution in [1.82, 2.24) is 0 Å². The van der Waals surface area contributed by atoms with Gasteiger partial charge in [0.05, 0.1) is 23.0 Å². The second-order valence-corrected chi connectivity index (χ2v) is 3.34. The lowest BCUT2D eigenvalue weighted by Gasteiger charge is -2.10. The number of aliphatic hydroxyl groups is 1. The minimum Gasteiger partial charge on any atom is -0.506 e. The van der Waals surface area contributed by atoms with E-state index in [1.807, 2.05) is 5.32 Å². The molecule has 0 fully saturated rings. The van der Waals surface area contributed by atoms with Gasteiger partial charge in [0.1, 0.15) is 5.75 Å². The van der Waals surface area contributed by atoms with E-state index in [4.69, 9.17) is 21.8 Å². The zero-order chi connectivity index (χ0) is 12.1. The third kappa shape index (κ3) is 3.18. The van der Waals surface area contributed by atoms with E-state index in [9.17, 15) is 9.90 Å². The summed E-state index contributed by atoms with van der Waals surface area (Å²) in [5.74, 6) is -0.243. The van der Waals surface area contributed by atoms with Crippen LogP contribution in [0.2, 0.25) is 5.02 Å². The summed E-state index contributed by atoms with van der Waals surface area (Å²) in [6.07, 6.45) is -1.29. The Kier molecular flexibility index (Phi) is 4.21. The molecule has 0 aliphatic carbocycles. The van der Waals surface area contributed by atoms with Crippen LogP contribution in [0.1, 0.15) is 0 Å². The molecule has 0 aliphatic rings. The lowest BCUT2D eigenvalue weighted by Crippen LogP contribution is -2.09. The van der Waals surface area contributed by atoms with Crippen molar-refractivity contribution in [2.24, 2.45) is 0 Å². The molecule has 1 rings (SSSR count). The largest absolute Gasteiger partial charge is 0.506 e. The number of carboxylic acid groups (broad SMARTS) is 1. The first-order chi connectivity index (χ1) is 7.54. The van der Waals surface area contributed by atoms with E-state index in [1.165, 1.54) is 12.1 Å². The maximum Gasteiger partial charge on any atom is 0.409 e. The summed E-state index contributed by atoms with van der Waals surface area (Å²) in [4.78, 5) is 10.4. The fourth-order valence-corrected chi connectivity index (χ4v) is 1.33. The van der Waals surface area contributed by atoms with E-state index in [2.05, 4.69) is 5.32 Å². The van der Waals surface area contributed by atoms with Crippen LogP contribution in [0.4, 0.5) is 16.2 Å². The number of hydrogen-bond acceptors (Lipinski definition) is 4. The summed E-state index contributed by atoms with van der Waals surface area (Å²) >= 11 is 5.83. The number of amides is 1. The van der Waals surface area contributed by atoms with Crippen LogP contribution in [0, 0.1) is 0 Å². The maximum atomic E-state index is 10.4. The zero-order valence-corrected chi connectivity index (χ0v) is 8.95. The summed E-state index contributed by atoms with van der Waals surface area (Å²) in [6, 6.07) is 2.56. The summed E-state index contributed by atoms with van der Waals surface area (Å²) in [5.41, 5.74) is 0.427. The number of rotatable bonds is 4. The highest BCUT2D eigenvalue weighted by Gasteiger charge is 2.09. The van der Waals surface area contributed by atoms with Crippen molar-refractivity contribution in [2.75, 3.05) is 23.8 Å². The van der Waals surface area contributed by atoms with Gasteiger partial charge in [0.15, 0.2) is 0 Å². The second-order valence-electron chi connectivity index (χ2n) is 2.93. The van der Waals surface area contributed by atoms with Gasteiger partial charge >= 0.3 is 6.09 Å². The SMILES string of the molecule is O=C(O)Nc1cc(Cl)c(NCCO)cc1O. The van der Waals surface area contributed by atoms with Crippen LogP contribution in [-0.2, 0) is 0 Å². The highest BCUT2D eigenvalue weighted by molar-refractivity contribution is 6.33. The molecule has 5 N–H and O–H groups in total. The van der Waals surface area contributed by atoms with Crippen molar-refractivity contribution in [3.8, 4) is 5.75 Å². The summed E-state index contributed by atoms with van der Waals surface area (Å²) in [7, 11) is 0. The molecule has 1 aromatic carbocycles. The van der Waals surface area contributed by atoms with E-state index in [1.54, 1.807) is 0 Å². The number of nitrogens with one attached hydrogen (secondary N) is 2. The van der Waals surface area contributed by atoms with Crippen LogP contribution in [0.25, 0.3) is 0 Å². The smallest absolute Gasteiger partial charge is 0.409 e. The van der Waals surface area contributed by atoms with Crippen LogP contribution in [0.3, 0.4) is 0 Å². The fourth-order valence-electron chi connectivity index (χ4n) is 1.10. The highest BCUT2D eigenvalue weighted by Crippen LogP contribution is 2.33. The number of anilines is 2. The molecule has 0 heterocycles. The van der Waals surface area contributed by atoms with Crippen molar-refractivity contribution in [2.45, 2.75) is 0 Å². The van der Waals surface area contributed by atoms with Gasteiger partial charge in [0.2, 0.25) is 0 Å². The fraction of sp³-hybridized carbons (Fsp3) is 0.222. The molecule has 0 aromatic heterocycles. The molecule has 1 aromatic rings. The van der Waals surface area contributed by atoms with E-state index in [0.717, 1.165) is 0 Å². The third-order valence-electron chi connectivity index (χ3n) is 1.75. The number of benzene rings is 1. The van der Waals surface area contributed by atoms with Crippen molar-refractivity contribution in [3.05, 3.63) is 17.2 Å². The minimum absolute atomic E-state index is 0.00653. The lowest BCUT2D eigenvalue weighted by molar-refractivity contribution is 0.209. The first-order valence-electron chi connectivity index (χ1n) is 4.41. The van der Waals surface area contributed by atoms with Gasteiger partial charge in [0, 0.05) is 12.6 Å². The molecule has 88 valence electrons. The molecule has 0 aliphatic heterocycles. The number of phenolic OH excluding ortho intramolecular Hbond substituents is 1. The van der Waals surface area contributed by atoms with E-state index < -0.39 is 6.09 Å². The Morgan fingerprint density at radius 3 is 2.62 bits per heavy atom. The third-order valence-corrected chi connectivity index (χ3v) is 2.07. The van der Waals surface area contributed by atoms with Crippen molar-refractivity contribution >= 4 is 29.1 Å². The van der Waals surface area contributed by atoms with Crippen LogP contribution < -0.4 is 10.6 Å². The Morgan fingerprint density at radius 2 is 2.06 bits per heavy atom. The number of aromatic hydroxyl groups is 1. The normalized spacial score (nSPS) is 9.88. The Balaban J connectivity index is 2.92. The highest BCUT2D eigenvalue weighted by atomic mass is 35.5. The van der Waals surface area contributed by atoms with Gasteiger partial charge in [-0.3, -0.25) is 5.32 Å². The molecule has 1 amide bonds. The van der Waals surface area contributed by atoms with Gasteiger partial charge in [0.25, 0.3) is 0 Å². The number of carbonyl (C=O) groups is 1. The standard InChI is InChI=1S/C9H11ClN2O4/c10-5-3-7(12-9(15)16)8(14)4-6(5)11-1-2-13/h3-4,11-14H,1-2H2,(H,15,16). The average Bonchev–Trinajstić information content (AvgIpc) is 2.20. The quantitative estimate of drug-likeness (QED) is 0.519. The number of hydrogen-bond donors (Lipinski definition) is 5. The molecule has 0 atom stereocenters. The molecule has 0 bridgehead atoms. The predicted molar refractivity (Wildman–Crippen MR) is 60.3 cm³/mol. The maximum absolute atomic E-state index is 10.4. The van der Waals surface area contributed by atoms with Crippen LogP contribution >= 0.6 is 11.6 Å². The molecule has 0 saturated heterocycles. The molecular formula is C9H11ClN2O4.